The minimum atomic E-state index is -0.651. The Morgan fingerprint density at radius 1 is 1.50 bits per heavy atom. The lowest BCUT2D eigenvalue weighted by molar-refractivity contribution is 0.163. The molecule has 4 N–H and O–H groups in total. The van der Waals surface area contributed by atoms with Crippen LogP contribution in [0.15, 0.2) is 18.2 Å². The van der Waals surface area contributed by atoms with Crippen LogP contribution in [0.5, 0.6) is 0 Å². The molecule has 1 unspecified atom stereocenters. The molecule has 0 aliphatic rings. The quantitative estimate of drug-likeness (QED) is 0.710. The van der Waals surface area contributed by atoms with Gasteiger partial charge in [0.2, 0.25) is 0 Å². The third kappa shape index (κ3) is 2.45. The SMILES string of the molecule is CC(O)[C@@H](N)c1ccc(Cl)cc1CO. The number of benzene rings is 1. The summed E-state index contributed by atoms with van der Waals surface area (Å²) in [4.78, 5) is 0. The number of halogens is 1. The zero-order valence-corrected chi connectivity index (χ0v) is 8.70. The van der Waals surface area contributed by atoms with Crippen molar-refractivity contribution in [2.45, 2.75) is 25.7 Å². The van der Waals surface area contributed by atoms with Crippen LogP contribution < -0.4 is 5.73 Å². The predicted octanol–water partition coefficient (Wildman–Crippen LogP) is 1.21. The fourth-order valence-corrected chi connectivity index (χ4v) is 1.49. The van der Waals surface area contributed by atoms with E-state index in [0.29, 0.717) is 10.6 Å². The Balaban J connectivity index is 3.07. The summed E-state index contributed by atoms with van der Waals surface area (Å²) < 4.78 is 0. The third-order valence-electron chi connectivity index (χ3n) is 2.15. The molecule has 0 aromatic heterocycles. The van der Waals surface area contributed by atoms with Crippen LogP contribution in [0.2, 0.25) is 5.02 Å². The van der Waals surface area contributed by atoms with Gasteiger partial charge in [0.05, 0.1) is 18.8 Å². The molecule has 0 amide bonds. The highest BCUT2D eigenvalue weighted by molar-refractivity contribution is 6.30. The van der Waals surface area contributed by atoms with Crippen molar-refractivity contribution in [3.8, 4) is 0 Å². The molecule has 78 valence electrons. The van der Waals surface area contributed by atoms with Crippen molar-refractivity contribution in [1.29, 1.82) is 0 Å². The Labute approximate surface area is 88.1 Å². The van der Waals surface area contributed by atoms with E-state index >= 15 is 0 Å². The molecular formula is C10H14ClNO2. The summed E-state index contributed by atoms with van der Waals surface area (Å²) >= 11 is 5.77. The fraction of sp³-hybridized carbons (Fsp3) is 0.400. The van der Waals surface area contributed by atoms with Crippen molar-refractivity contribution in [2.75, 3.05) is 0 Å². The van der Waals surface area contributed by atoms with Gasteiger partial charge in [0.15, 0.2) is 0 Å². The van der Waals surface area contributed by atoms with Gasteiger partial charge in [0, 0.05) is 5.02 Å². The predicted molar refractivity (Wildman–Crippen MR) is 56.0 cm³/mol. The minimum Gasteiger partial charge on any atom is -0.392 e. The smallest absolute Gasteiger partial charge is 0.0704 e. The lowest BCUT2D eigenvalue weighted by atomic mass is 9.98. The van der Waals surface area contributed by atoms with Gasteiger partial charge in [-0.2, -0.15) is 0 Å². The lowest BCUT2D eigenvalue weighted by Gasteiger charge is -2.18. The van der Waals surface area contributed by atoms with Crippen LogP contribution in [0.4, 0.5) is 0 Å². The maximum Gasteiger partial charge on any atom is 0.0704 e. The Morgan fingerprint density at radius 2 is 2.14 bits per heavy atom. The van der Waals surface area contributed by atoms with Gasteiger partial charge >= 0.3 is 0 Å². The van der Waals surface area contributed by atoms with E-state index in [4.69, 9.17) is 22.4 Å². The first-order valence-electron chi connectivity index (χ1n) is 4.39. The summed E-state index contributed by atoms with van der Waals surface area (Å²) in [7, 11) is 0. The minimum absolute atomic E-state index is 0.129. The van der Waals surface area contributed by atoms with E-state index in [1.807, 2.05) is 0 Å². The fourth-order valence-electron chi connectivity index (χ4n) is 1.30. The van der Waals surface area contributed by atoms with E-state index in [2.05, 4.69) is 0 Å². The largest absolute Gasteiger partial charge is 0.392 e. The topological polar surface area (TPSA) is 66.5 Å². The Morgan fingerprint density at radius 3 is 2.64 bits per heavy atom. The molecule has 2 atom stereocenters. The van der Waals surface area contributed by atoms with E-state index in [9.17, 15) is 5.11 Å². The molecule has 3 nitrogen and oxygen atoms in total. The van der Waals surface area contributed by atoms with Crippen molar-refractivity contribution in [1.82, 2.24) is 0 Å². The Kier molecular flexibility index (Phi) is 3.89. The molecule has 0 fully saturated rings. The van der Waals surface area contributed by atoms with Crippen LogP contribution >= 0.6 is 11.6 Å². The van der Waals surface area contributed by atoms with Crippen LogP contribution in [0.25, 0.3) is 0 Å². The maximum absolute atomic E-state index is 9.32. The van der Waals surface area contributed by atoms with Gasteiger partial charge in [-0.15, -0.1) is 0 Å². The number of hydrogen-bond acceptors (Lipinski definition) is 3. The molecule has 4 heteroatoms. The average molecular weight is 216 g/mol. The zero-order valence-electron chi connectivity index (χ0n) is 7.94. The van der Waals surface area contributed by atoms with Crippen LogP contribution in [-0.2, 0) is 6.61 Å². The molecule has 0 saturated carbocycles. The molecule has 0 saturated heterocycles. The number of aliphatic hydroxyl groups is 2. The average Bonchev–Trinajstić information content (AvgIpc) is 2.16. The maximum atomic E-state index is 9.32. The molecule has 0 spiro atoms. The third-order valence-corrected chi connectivity index (χ3v) is 2.39. The van der Waals surface area contributed by atoms with Crippen LogP contribution in [-0.4, -0.2) is 16.3 Å². The highest BCUT2D eigenvalue weighted by atomic mass is 35.5. The standard InChI is InChI=1S/C10H14ClNO2/c1-6(14)10(12)9-3-2-8(11)4-7(9)5-13/h2-4,6,10,13-14H,5,12H2,1H3/t6?,10-/m1/s1. The molecule has 0 heterocycles. The number of rotatable bonds is 3. The van der Waals surface area contributed by atoms with Crippen molar-refractivity contribution in [3.63, 3.8) is 0 Å². The molecule has 1 rings (SSSR count). The van der Waals surface area contributed by atoms with Crippen molar-refractivity contribution in [2.24, 2.45) is 5.73 Å². The number of aliphatic hydroxyl groups excluding tert-OH is 2. The second-order valence-electron chi connectivity index (χ2n) is 3.27. The highest BCUT2D eigenvalue weighted by Gasteiger charge is 2.15. The summed E-state index contributed by atoms with van der Waals surface area (Å²) in [5.74, 6) is 0. The summed E-state index contributed by atoms with van der Waals surface area (Å²) in [6.07, 6.45) is -0.651. The zero-order chi connectivity index (χ0) is 10.7. The Bertz CT molecular complexity index is 315. The van der Waals surface area contributed by atoms with Gasteiger partial charge in [-0.1, -0.05) is 17.7 Å². The second-order valence-corrected chi connectivity index (χ2v) is 3.70. The molecule has 14 heavy (non-hydrogen) atoms. The van der Waals surface area contributed by atoms with Crippen molar-refractivity contribution in [3.05, 3.63) is 34.3 Å². The van der Waals surface area contributed by atoms with E-state index in [0.717, 1.165) is 5.56 Å². The van der Waals surface area contributed by atoms with Gasteiger partial charge < -0.3 is 15.9 Å². The van der Waals surface area contributed by atoms with E-state index < -0.39 is 12.1 Å². The summed E-state index contributed by atoms with van der Waals surface area (Å²) in [6, 6.07) is 4.58. The molecule has 1 aromatic carbocycles. The summed E-state index contributed by atoms with van der Waals surface area (Å²) in [5.41, 5.74) is 7.15. The van der Waals surface area contributed by atoms with Gasteiger partial charge in [-0.25, -0.2) is 0 Å². The highest BCUT2D eigenvalue weighted by Crippen LogP contribution is 2.22. The molecule has 1 aromatic rings. The summed E-state index contributed by atoms with van der Waals surface area (Å²) in [5, 5.41) is 19.0. The lowest BCUT2D eigenvalue weighted by Crippen LogP contribution is -2.24. The van der Waals surface area contributed by atoms with E-state index in [-0.39, 0.29) is 6.61 Å². The number of nitrogens with two attached hydrogens (primary N) is 1. The van der Waals surface area contributed by atoms with Gasteiger partial charge in [0.25, 0.3) is 0 Å². The van der Waals surface area contributed by atoms with Crippen LogP contribution in [0.1, 0.15) is 24.1 Å². The Hall–Kier alpha value is -0.610. The summed E-state index contributed by atoms with van der Waals surface area (Å²) in [6.45, 7) is 1.48. The van der Waals surface area contributed by atoms with E-state index in [1.165, 1.54) is 0 Å². The monoisotopic (exact) mass is 215 g/mol. The molecule has 0 bridgehead atoms. The van der Waals surface area contributed by atoms with Crippen LogP contribution in [0, 0.1) is 0 Å². The van der Waals surface area contributed by atoms with Crippen LogP contribution in [0.3, 0.4) is 0 Å². The van der Waals surface area contributed by atoms with Crippen molar-refractivity contribution >= 4 is 11.6 Å². The molecule has 0 radical (unpaired) electrons. The first-order chi connectivity index (χ1) is 6.56. The van der Waals surface area contributed by atoms with Gasteiger partial charge in [0.1, 0.15) is 0 Å². The number of hydrogen-bond donors (Lipinski definition) is 3. The van der Waals surface area contributed by atoms with Crippen molar-refractivity contribution < 1.29 is 10.2 Å². The first kappa shape index (κ1) is 11.5. The normalized spacial score (nSPS) is 15.2. The van der Waals surface area contributed by atoms with Gasteiger partial charge in [-0.3, -0.25) is 0 Å². The molecular weight excluding hydrogens is 202 g/mol. The molecule has 0 aliphatic heterocycles. The van der Waals surface area contributed by atoms with E-state index in [1.54, 1.807) is 25.1 Å². The van der Waals surface area contributed by atoms with Gasteiger partial charge in [-0.05, 0) is 30.2 Å². The first-order valence-corrected chi connectivity index (χ1v) is 4.77. The molecule has 0 aliphatic carbocycles. The second kappa shape index (κ2) is 4.75.